The van der Waals surface area contributed by atoms with Crippen LogP contribution in [-0.2, 0) is 11.2 Å². The third-order valence-electron chi connectivity index (χ3n) is 3.39. The Morgan fingerprint density at radius 1 is 1.31 bits per heavy atom. The largest absolute Gasteiger partial charge is 0.338 e. The average molecular weight is 213 g/mol. The van der Waals surface area contributed by atoms with Crippen molar-refractivity contribution in [3.63, 3.8) is 0 Å². The summed E-state index contributed by atoms with van der Waals surface area (Å²) in [5.74, 6) is 0.905. The fraction of sp³-hybridized carbons (Fsp3) is 0.357. The molecule has 1 aromatic rings. The highest BCUT2D eigenvalue weighted by Crippen LogP contribution is 2.27. The van der Waals surface area contributed by atoms with Crippen LogP contribution in [0.1, 0.15) is 18.1 Å². The summed E-state index contributed by atoms with van der Waals surface area (Å²) in [6.45, 7) is 4.03. The number of benzene rings is 1. The fourth-order valence-electron chi connectivity index (χ4n) is 2.49. The van der Waals surface area contributed by atoms with E-state index in [1.807, 2.05) is 23.1 Å². The zero-order valence-corrected chi connectivity index (χ0v) is 9.44. The van der Waals surface area contributed by atoms with E-state index in [2.05, 4.69) is 19.1 Å². The van der Waals surface area contributed by atoms with Crippen LogP contribution in [0.15, 0.2) is 29.8 Å². The molecule has 1 heterocycles. The highest BCUT2D eigenvalue weighted by Gasteiger charge is 2.30. The summed E-state index contributed by atoms with van der Waals surface area (Å²) >= 11 is 0. The third kappa shape index (κ3) is 1.45. The van der Waals surface area contributed by atoms with E-state index in [0.29, 0.717) is 5.92 Å². The number of carbonyl (C=O) groups excluding carboxylic acids is 1. The lowest BCUT2D eigenvalue weighted by atomic mass is 10.0. The van der Waals surface area contributed by atoms with Crippen LogP contribution in [0.25, 0.3) is 6.08 Å². The number of rotatable bonds is 1. The molecular formula is C14H15NO. The zero-order chi connectivity index (χ0) is 11.1. The summed E-state index contributed by atoms with van der Waals surface area (Å²) < 4.78 is 0. The van der Waals surface area contributed by atoms with Gasteiger partial charge in [-0.2, -0.15) is 0 Å². The molecule has 2 heteroatoms. The van der Waals surface area contributed by atoms with Crippen LogP contribution in [0.3, 0.4) is 0 Å². The summed E-state index contributed by atoms with van der Waals surface area (Å²) in [4.78, 5) is 14.0. The minimum absolute atomic E-state index is 0.231. The van der Waals surface area contributed by atoms with Crippen molar-refractivity contribution >= 4 is 12.0 Å². The average Bonchev–Trinajstić information content (AvgIpc) is 2.67. The number of hydrogen-bond donors (Lipinski definition) is 0. The molecule has 0 bridgehead atoms. The Balaban J connectivity index is 1.77. The Bertz CT molecular complexity index is 469. The smallest absolute Gasteiger partial charge is 0.250 e. The van der Waals surface area contributed by atoms with Crippen molar-refractivity contribution in [2.75, 3.05) is 13.1 Å². The van der Waals surface area contributed by atoms with Crippen LogP contribution < -0.4 is 0 Å². The van der Waals surface area contributed by atoms with Crippen molar-refractivity contribution in [1.29, 1.82) is 0 Å². The molecule has 1 fully saturated rings. The second-order valence-electron chi connectivity index (χ2n) is 4.86. The molecule has 82 valence electrons. The monoisotopic (exact) mass is 213 g/mol. The molecule has 0 spiro atoms. The highest BCUT2D eigenvalue weighted by atomic mass is 16.2. The fourth-order valence-corrected chi connectivity index (χ4v) is 2.49. The number of fused-ring (bicyclic) bond motifs is 1. The maximum absolute atomic E-state index is 12.1. The summed E-state index contributed by atoms with van der Waals surface area (Å²) in [6, 6.07) is 8.24. The maximum Gasteiger partial charge on any atom is 0.250 e. The first kappa shape index (κ1) is 9.64. The molecule has 1 aromatic carbocycles. The van der Waals surface area contributed by atoms with E-state index in [1.165, 1.54) is 11.1 Å². The van der Waals surface area contributed by atoms with Gasteiger partial charge in [0, 0.05) is 25.1 Å². The Labute approximate surface area is 95.6 Å². The molecule has 1 aliphatic heterocycles. The van der Waals surface area contributed by atoms with E-state index in [-0.39, 0.29) is 5.91 Å². The van der Waals surface area contributed by atoms with Crippen LogP contribution in [0.2, 0.25) is 0 Å². The molecule has 0 saturated carbocycles. The SMILES string of the molecule is CC1CN(C(=O)C2=Cc3ccccc3C2)C1. The number of carbonyl (C=O) groups is 1. The molecule has 2 nitrogen and oxygen atoms in total. The van der Waals surface area contributed by atoms with E-state index >= 15 is 0 Å². The van der Waals surface area contributed by atoms with Gasteiger partial charge in [-0.3, -0.25) is 4.79 Å². The van der Waals surface area contributed by atoms with Crippen molar-refractivity contribution in [3.05, 3.63) is 41.0 Å². The predicted octanol–water partition coefficient (Wildman–Crippen LogP) is 2.10. The van der Waals surface area contributed by atoms with Crippen LogP contribution in [0.4, 0.5) is 0 Å². The van der Waals surface area contributed by atoms with Gasteiger partial charge in [0.1, 0.15) is 0 Å². The predicted molar refractivity (Wildman–Crippen MR) is 63.9 cm³/mol. The molecule has 1 aliphatic carbocycles. The highest BCUT2D eigenvalue weighted by molar-refractivity contribution is 6.00. The van der Waals surface area contributed by atoms with Crippen molar-refractivity contribution < 1.29 is 4.79 Å². The molecular weight excluding hydrogens is 198 g/mol. The first-order valence-electron chi connectivity index (χ1n) is 5.82. The van der Waals surface area contributed by atoms with Gasteiger partial charge in [-0.1, -0.05) is 31.2 Å². The van der Waals surface area contributed by atoms with Gasteiger partial charge in [0.15, 0.2) is 0 Å². The topological polar surface area (TPSA) is 20.3 Å². The number of nitrogens with zero attached hydrogens (tertiary/aromatic N) is 1. The van der Waals surface area contributed by atoms with Crippen LogP contribution in [-0.4, -0.2) is 23.9 Å². The zero-order valence-electron chi connectivity index (χ0n) is 9.44. The summed E-state index contributed by atoms with van der Waals surface area (Å²) in [6.07, 6.45) is 2.85. The Hall–Kier alpha value is -1.57. The molecule has 16 heavy (non-hydrogen) atoms. The van der Waals surface area contributed by atoms with Crippen molar-refractivity contribution in [2.24, 2.45) is 5.92 Å². The van der Waals surface area contributed by atoms with Gasteiger partial charge in [-0.05, 0) is 23.1 Å². The standard InChI is InChI=1S/C14H15NO/c1-10-8-15(9-10)14(16)13-6-11-4-2-3-5-12(11)7-13/h2-6,10H,7-9H2,1H3. The molecule has 3 rings (SSSR count). The van der Waals surface area contributed by atoms with Gasteiger partial charge in [-0.15, -0.1) is 0 Å². The molecule has 1 saturated heterocycles. The van der Waals surface area contributed by atoms with Gasteiger partial charge in [0.25, 0.3) is 0 Å². The first-order valence-corrected chi connectivity index (χ1v) is 5.82. The lowest BCUT2D eigenvalue weighted by Gasteiger charge is -2.37. The van der Waals surface area contributed by atoms with E-state index in [9.17, 15) is 4.79 Å². The Morgan fingerprint density at radius 3 is 2.75 bits per heavy atom. The van der Waals surface area contributed by atoms with E-state index in [1.54, 1.807) is 0 Å². The van der Waals surface area contributed by atoms with Gasteiger partial charge in [0.05, 0.1) is 0 Å². The summed E-state index contributed by atoms with van der Waals surface area (Å²) in [5.41, 5.74) is 3.44. The van der Waals surface area contributed by atoms with Gasteiger partial charge >= 0.3 is 0 Å². The van der Waals surface area contributed by atoms with E-state index < -0.39 is 0 Å². The van der Waals surface area contributed by atoms with Crippen LogP contribution >= 0.6 is 0 Å². The van der Waals surface area contributed by atoms with Crippen LogP contribution in [0, 0.1) is 5.92 Å². The summed E-state index contributed by atoms with van der Waals surface area (Å²) in [5, 5.41) is 0. The summed E-state index contributed by atoms with van der Waals surface area (Å²) in [7, 11) is 0. The quantitative estimate of drug-likeness (QED) is 0.699. The molecule has 0 aromatic heterocycles. The lowest BCUT2D eigenvalue weighted by molar-refractivity contribution is -0.132. The van der Waals surface area contributed by atoms with E-state index in [0.717, 1.165) is 25.1 Å². The number of likely N-dealkylation sites (tertiary alicyclic amines) is 1. The van der Waals surface area contributed by atoms with Crippen molar-refractivity contribution in [1.82, 2.24) is 4.90 Å². The minimum atomic E-state index is 0.231. The van der Waals surface area contributed by atoms with Crippen LogP contribution in [0.5, 0.6) is 0 Å². The first-order chi connectivity index (χ1) is 7.74. The van der Waals surface area contributed by atoms with Crippen molar-refractivity contribution in [2.45, 2.75) is 13.3 Å². The molecule has 0 atom stereocenters. The second-order valence-corrected chi connectivity index (χ2v) is 4.86. The molecule has 0 unspecified atom stereocenters. The number of hydrogen-bond acceptors (Lipinski definition) is 1. The van der Waals surface area contributed by atoms with Gasteiger partial charge in [0.2, 0.25) is 5.91 Å². The van der Waals surface area contributed by atoms with Gasteiger partial charge in [-0.25, -0.2) is 0 Å². The minimum Gasteiger partial charge on any atom is -0.338 e. The second kappa shape index (κ2) is 3.48. The Kier molecular flexibility index (Phi) is 2.10. The van der Waals surface area contributed by atoms with Gasteiger partial charge < -0.3 is 4.90 Å². The van der Waals surface area contributed by atoms with Crippen molar-refractivity contribution in [3.8, 4) is 0 Å². The maximum atomic E-state index is 12.1. The Morgan fingerprint density at radius 2 is 2.06 bits per heavy atom. The normalized spacial score (nSPS) is 19.1. The molecule has 0 N–H and O–H groups in total. The lowest BCUT2D eigenvalue weighted by Crippen LogP contribution is -2.49. The van der Waals surface area contributed by atoms with E-state index in [4.69, 9.17) is 0 Å². The third-order valence-corrected chi connectivity index (χ3v) is 3.39. The molecule has 0 radical (unpaired) electrons. The molecule has 2 aliphatic rings. The number of amides is 1. The molecule has 1 amide bonds.